The molecule has 1 nitrogen and oxygen atoms in total. The Hall–Kier alpha value is -0.430. The average Bonchev–Trinajstić information content (AvgIpc) is 2.57. The molecule has 0 aromatic rings. The van der Waals surface area contributed by atoms with Crippen LogP contribution in [0.3, 0.4) is 0 Å². The van der Waals surface area contributed by atoms with E-state index in [1.54, 1.807) is 0 Å². The Bertz CT molecular complexity index is 224. The molecule has 0 aromatic carbocycles. The van der Waals surface area contributed by atoms with Gasteiger partial charge in [-0.05, 0) is 25.7 Å². The Morgan fingerprint density at radius 2 is 1.75 bits per heavy atom. The Balaban J connectivity index is 2.10. The highest BCUT2D eigenvalue weighted by atomic mass is 35.5. The molecular weight excluding hydrogens is 170 g/mol. The highest BCUT2D eigenvalue weighted by Gasteiger charge is 2.17. The fourth-order valence-corrected chi connectivity index (χ4v) is 2.18. The van der Waals surface area contributed by atoms with Gasteiger partial charge >= 0.3 is 0 Å². The van der Waals surface area contributed by atoms with Gasteiger partial charge in [0.15, 0.2) is 0 Å². The van der Waals surface area contributed by atoms with Crippen molar-refractivity contribution in [3.8, 4) is 0 Å². The molecular formula is C10H14ClN. The maximum Gasteiger partial charge on any atom is 0.0596 e. The quantitative estimate of drug-likeness (QED) is 0.605. The van der Waals surface area contributed by atoms with Gasteiger partial charge in [-0.1, -0.05) is 23.8 Å². The SMILES string of the molecule is ClC1=CCCC=C1N1CCCC1. The highest BCUT2D eigenvalue weighted by molar-refractivity contribution is 6.31. The Morgan fingerprint density at radius 3 is 2.42 bits per heavy atom. The minimum absolute atomic E-state index is 0.961. The molecule has 2 heteroatoms. The molecule has 1 heterocycles. The van der Waals surface area contributed by atoms with E-state index in [2.05, 4.69) is 17.1 Å². The van der Waals surface area contributed by atoms with Crippen molar-refractivity contribution in [3.05, 3.63) is 22.9 Å². The molecule has 1 fully saturated rings. The fourth-order valence-electron chi connectivity index (χ4n) is 1.87. The number of allylic oxidation sites excluding steroid dienone is 3. The molecule has 0 unspecified atom stereocenters. The molecule has 1 aliphatic carbocycles. The second-order valence-electron chi connectivity index (χ2n) is 3.41. The van der Waals surface area contributed by atoms with E-state index in [9.17, 15) is 0 Å². The topological polar surface area (TPSA) is 3.24 Å². The lowest BCUT2D eigenvalue weighted by molar-refractivity contribution is 0.434. The second kappa shape index (κ2) is 3.53. The third-order valence-corrected chi connectivity index (χ3v) is 2.87. The number of nitrogens with zero attached hydrogens (tertiary/aromatic N) is 1. The normalized spacial score (nSPS) is 23.9. The molecule has 0 amide bonds. The Morgan fingerprint density at radius 1 is 1.08 bits per heavy atom. The molecule has 12 heavy (non-hydrogen) atoms. The standard InChI is InChI=1S/C10H14ClN/c11-9-5-1-2-6-10(9)12-7-3-4-8-12/h5-6H,1-4,7-8H2. The van der Waals surface area contributed by atoms with Crippen molar-refractivity contribution >= 4 is 11.6 Å². The summed E-state index contributed by atoms with van der Waals surface area (Å²) in [4.78, 5) is 2.40. The zero-order chi connectivity index (χ0) is 8.39. The van der Waals surface area contributed by atoms with E-state index in [0.29, 0.717) is 0 Å². The summed E-state index contributed by atoms with van der Waals surface area (Å²) in [5, 5.41) is 0.961. The lowest BCUT2D eigenvalue weighted by Crippen LogP contribution is -2.19. The summed E-state index contributed by atoms with van der Waals surface area (Å²) < 4.78 is 0. The van der Waals surface area contributed by atoms with Gasteiger partial charge in [0, 0.05) is 13.1 Å². The van der Waals surface area contributed by atoms with Crippen molar-refractivity contribution in [1.29, 1.82) is 0 Å². The van der Waals surface area contributed by atoms with Gasteiger partial charge in [-0.2, -0.15) is 0 Å². The minimum atomic E-state index is 0.961. The number of hydrogen-bond acceptors (Lipinski definition) is 1. The van der Waals surface area contributed by atoms with Gasteiger partial charge in [0.05, 0.1) is 10.7 Å². The van der Waals surface area contributed by atoms with Crippen molar-refractivity contribution in [3.63, 3.8) is 0 Å². The van der Waals surface area contributed by atoms with E-state index in [-0.39, 0.29) is 0 Å². The van der Waals surface area contributed by atoms with Crippen molar-refractivity contribution in [2.45, 2.75) is 25.7 Å². The molecule has 0 spiro atoms. The molecule has 0 atom stereocenters. The van der Waals surface area contributed by atoms with Gasteiger partial charge in [-0.25, -0.2) is 0 Å². The van der Waals surface area contributed by atoms with Crippen molar-refractivity contribution in [2.24, 2.45) is 0 Å². The van der Waals surface area contributed by atoms with Crippen LogP contribution < -0.4 is 0 Å². The van der Waals surface area contributed by atoms with Crippen molar-refractivity contribution in [2.75, 3.05) is 13.1 Å². The molecule has 2 aliphatic rings. The third-order valence-electron chi connectivity index (χ3n) is 2.52. The van der Waals surface area contributed by atoms with E-state index in [4.69, 9.17) is 11.6 Å². The van der Waals surface area contributed by atoms with Crippen LogP contribution in [0.25, 0.3) is 0 Å². The van der Waals surface area contributed by atoms with E-state index in [0.717, 1.165) is 17.9 Å². The zero-order valence-electron chi connectivity index (χ0n) is 7.22. The minimum Gasteiger partial charge on any atom is -0.371 e. The summed E-state index contributed by atoms with van der Waals surface area (Å²) in [5.41, 5.74) is 1.28. The van der Waals surface area contributed by atoms with Gasteiger partial charge in [-0.15, -0.1) is 0 Å². The molecule has 0 N–H and O–H groups in total. The zero-order valence-corrected chi connectivity index (χ0v) is 7.98. The predicted octanol–water partition coefficient (Wildman–Crippen LogP) is 2.88. The van der Waals surface area contributed by atoms with Crippen molar-refractivity contribution < 1.29 is 0 Å². The average molecular weight is 184 g/mol. The maximum atomic E-state index is 6.11. The van der Waals surface area contributed by atoms with E-state index < -0.39 is 0 Å². The maximum absolute atomic E-state index is 6.11. The van der Waals surface area contributed by atoms with Gasteiger partial charge < -0.3 is 4.90 Å². The van der Waals surface area contributed by atoms with Crippen LogP contribution in [0.15, 0.2) is 22.9 Å². The largest absolute Gasteiger partial charge is 0.371 e. The molecule has 0 aromatic heterocycles. The van der Waals surface area contributed by atoms with Gasteiger partial charge in [0.2, 0.25) is 0 Å². The van der Waals surface area contributed by atoms with Crippen LogP contribution in [0, 0.1) is 0 Å². The highest BCUT2D eigenvalue weighted by Crippen LogP contribution is 2.27. The number of halogens is 1. The first-order chi connectivity index (χ1) is 5.88. The first-order valence-electron chi connectivity index (χ1n) is 4.69. The van der Waals surface area contributed by atoms with Crippen LogP contribution in [-0.4, -0.2) is 18.0 Å². The molecule has 0 radical (unpaired) electrons. The van der Waals surface area contributed by atoms with Crippen LogP contribution in [0.1, 0.15) is 25.7 Å². The number of rotatable bonds is 1. The van der Waals surface area contributed by atoms with E-state index >= 15 is 0 Å². The first-order valence-corrected chi connectivity index (χ1v) is 5.07. The van der Waals surface area contributed by atoms with E-state index in [1.807, 2.05) is 0 Å². The monoisotopic (exact) mass is 183 g/mol. The van der Waals surface area contributed by atoms with Gasteiger partial charge in [0.25, 0.3) is 0 Å². The Labute approximate surface area is 78.7 Å². The molecule has 66 valence electrons. The van der Waals surface area contributed by atoms with Crippen LogP contribution in [0.5, 0.6) is 0 Å². The van der Waals surface area contributed by atoms with Crippen LogP contribution in [0.4, 0.5) is 0 Å². The summed E-state index contributed by atoms with van der Waals surface area (Å²) in [6, 6.07) is 0. The second-order valence-corrected chi connectivity index (χ2v) is 3.82. The summed E-state index contributed by atoms with van der Waals surface area (Å²) >= 11 is 6.11. The fraction of sp³-hybridized carbons (Fsp3) is 0.600. The molecule has 0 bridgehead atoms. The number of hydrogen-bond donors (Lipinski definition) is 0. The van der Waals surface area contributed by atoms with Crippen LogP contribution in [0.2, 0.25) is 0 Å². The molecule has 0 saturated carbocycles. The van der Waals surface area contributed by atoms with E-state index in [1.165, 1.54) is 31.6 Å². The molecule has 2 rings (SSSR count). The van der Waals surface area contributed by atoms with Crippen LogP contribution >= 0.6 is 11.6 Å². The predicted molar refractivity (Wildman–Crippen MR) is 52.1 cm³/mol. The lowest BCUT2D eigenvalue weighted by Gasteiger charge is -2.23. The van der Waals surface area contributed by atoms with Gasteiger partial charge in [0.1, 0.15) is 0 Å². The Kier molecular flexibility index (Phi) is 2.40. The summed E-state index contributed by atoms with van der Waals surface area (Å²) in [7, 11) is 0. The summed E-state index contributed by atoms with van der Waals surface area (Å²) in [6.45, 7) is 2.38. The van der Waals surface area contributed by atoms with Crippen LogP contribution in [-0.2, 0) is 0 Å². The molecule has 1 saturated heterocycles. The smallest absolute Gasteiger partial charge is 0.0596 e. The summed E-state index contributed by atoms with van der Waals surface area (Å²) in [5.74, 6) is 0. The lowest BCUT2D eigenvalue weighted by atomic mass is 10.1. The first kappa shape index (κ1) is 8.18. The summed E-state index contributed by atoms with van der Waals surface area (Å²) in [6.07, 6.45) is 9.31. The molecule has 1 aliphatic heterocycles. The number of likely N-dealkylation sites (tertiary alicyclic amines) is 1. The third kappa shape index (κ3) is 1.51. The van der Waals surface area contributed by atoms with Gasteiger partial charge in [-0.3, -0.25) is 0 Å². The van der Waals surface area contributed by atoms with Crippen molar-refractivity contribution in [1.82, 2.24) is 4.90 Å².